The number of amides is 1. The monoisotopic (exact) mass is 312 g/mol. The van der Waals surface area contributed by atoms with E-state index in [-0.39, 0.29) is 12.2 Å². The number of nitrogens with zero attached hydrogens (tertiary/aromatic N) is 1. The van der Waals surface area contributed by atoms with Crippen LogP contribution in [-0.2, 0) is 4.74 Å². The minimum absolute atomic E-state index is 0.0687. The van der Waals surface area contributed by atoms with Crippen LogP contribution in [0.15, 0.2) is 16.7 Å². The van der Waals surface area contributed by atoms with Crippen LogP contribution in [0.3, 0.4) is 0 Å². The van der Waals surface area contributed by atoms with Gasteiger partial charge in [0.1, 0.15) is 6.10 Å². The number of anilines is 1. The van der Waals surface area contributed by atoms with Gasteiger partial charge in [0.15, 0.2) is 0 Å². The minimum Gasteiger partial charge on any atom is -0.446 e. The Balaban J connectivity index is 1.92. The maximum atomic E-state index is 11.8. The molecule has 1 aliphatic rings. The first kappa shape index (κ1) is 13.3. The normalized spacial score (nSPS) is 16.3. The van der Waals surface area contributed by atoms with E-state index in [4.69, 9.17) is 4.74 Å². The highest BCUT2D eigenvalue weighted by molar-refractivity contribution is 9.10. The molecule has 1 aromatic rings. The predicted octanol–water partition coefficient (Wildman–Crippen LogP) is 4.03. The third-order valence-electron chi connectivity index (χ3n) is 3.12. The average Bonchev–Trinajstić information content (AvgIpc) is 2.35. The fourth-order valence-corrected chi connectivity index (χ4v) is 2.44. The van der Waals surface area contributed by atoms with Crippen LogP contribution in [0.4, 0.5) is 10.5 Å². The average molecular weight is 313 g/mol. The number of pyridine rings is 1. The van der Waals surface area contributed by atoms with Crippen molar-refractivity contribution in [2.45, 2.75) is 45.1 Å². The maximum Gasteiger partial charge on any atom is 0.411 e. The molecule has 0 atom stereocenters. The molecule has 0 aliphatic heterocycles. The fourth-order valence-electron chi connectivity index (χ4n) is 2.11. The number of rotatable bonds is 2. The van der Waals surface area contributed by atoms with Crippen molar-refractivity contribution in [1.29, 1.82) is 0 Å². The second kappa shape index (κ2) is 6.18. The number of hydrogen-bond donors (Lipinski definition) is 1. The first-order chi connectivity index (χ1) is 8.65. The smallest absolute Gasteiger partial charge is 0.411 e. The molecule has 1 aliphatic carbocycles. The molecule has 1 N–H and O–H groups in total. The summed E-state index contributed by atoms with van der Waals surface area (Å²) in [5.74, 6) is 0. The summed E-state index contributed by atoms with van der Waals surface area (Å²) in [5, 5.41) is 2.74. The molecule has 1 aromatic heterocycles. The molecule has 0 bridgehead atoms. The highest BCUT2D eigenvalue weighted by atomic mass is 79.9. The summed E-state index contributed by atoms with van der Waals surface area (Å²) in [6, 6.07) is 1.82. The number of aromatic nitrogens is 1. The van der Waals surface area contributed by atoms with E-state index < -0.39 is 0 Å². The van der Waals surface area contributed by atoms with Crippen LogP contribution in [-0.4, -0.2) is 17.2 Å². The van der Waals surface area contributed by atoms with Gasteiger partial charge >= 0.3 is 6.09 Å². The van der Waals surface area contributed by atoms with Gasteiger partial charge in [-0.3, -0.25) is 10.3 Å². The van der Waals surface area contributed by atoms with E-state index in [1.807, 2.05) is 13.0 Å². The van der Waals surface area contributed by atoms with Gasteiger partial charge in [-0.25, -0.2) is 4.79 Å². The molecule has 1 heterocycles. The number of nitrogens with one attached hydrogen (secondary N) is 1. The van der Waals surface area contributed by atoms with Crippen molar-refractivity contribution in [3.05, 3.63) is 22.4 Å². The first-order valence-corrected chi connectivity index (χ1v) is 7.04. The highest BCUT2D eigenvalue weighted by Crippen LogP contribution is 2.22. The number of ether oxygens (including phenoxy) is 1. The quantitative estimate of drug-likeness (QED) is 0.896. The van der Waals surface area contributed by atoms with Crippen LogP contribution in [0, 0.1) is 6.92 Å². The molecule has 0 saturated heterocycles. The summed E-state index contributed by atoms with van der Waals surface area (Å²) in [7, 11) is 0. The largest absolute Gasteiger partial charge is 0.446 e. The zero-order chi connectivity index (χ0) is 13.0. The molecule has 4 nitrogen and oxygen atoms in total. The summed E-state index contributed by atoms with van der Waals surface area (Å²) >= 11 is 3.33. The lowest BCUT2D eigenvalue weighted by molar-refractivity contribution is 0.0865. The van der Waals surface area contributed by atoms with Gasteiger partial charge in [-0.1, -0.05) is 6.42 Å². The molecule has 0 unspecified atom stereocenters. The molecular formula is C13H17BrN2O2. The summed E-state index contributed by atoms with van der Waals surface area (Å²) in [4.78, 5) is 15.9. The lowest BCUT2D eigenvalue weighted by Crippen LogP contribution is -2.24. The van der Waals surface area contributed by atoms with E-state index in [0.29, 0.717) is 5.69 Å². The van der Waals surface area contributed by atoms with Gasteiger partial charge in [0, 0.05) is 10.7 Å². The van der Waals surface area contributed by atoms with E-state index >= 15 is 0 Å². The van der Waals surface area contributed by atoms with Crippen LogP contribution >= 0.6 is 15.9 Å². The van der Waals surface area contributed by atoms with Crippen LogP contribution in [0.5, 0.6) is 0 Å². The maximum absolute atomic E-state index is 11.8. The molecule has 1 saturated carbocycles. The Morgan fingerprint density at radius 2 is 2.17 bits per heavy atom. The number of carbonyl (C=O) groups is 1. The van der Waals surface area contributed by atoms with Gasteiger partial charge in [-0.05, 0) is 54.6 Å². The molecular weight excluding hydrogens is 296 g/mol. The molecule has 98 valence electrons. The third kappa shape index (κ3) is 3.70. The molecule has 0 aromatic carbocycles. The minimum atomic E-state index is -0.384. The van der Waals surface area contributed by atoms with Gasteiger partial charge in [0.2, 0.25) is 0 Å². The molecule has 0 radical (unpaired) electrons. The van der Waals surface area contributed by atoms with E-state index in [1.165, 1.54) is 6.42 Å². The van der Waals surface area contributed by atoms with Crippen molar-refractivity contribution in [2.24, 2.45) is 0 Å². The van der Waals surface area contributed by atoms with Crippen LogP contribution in [0.2, 0.25) is 0 Å². The van der Waals surface area contributed by atoms with Gasteiger partial charge in [0.25, 0.3) is 0 Å². The lowest BCUT2D eigenvalue weighted by Gasteiger charge is -2.22. The SMILES string of the molecule is Cc1ncc(Br)cc1NC(=O)OC1CCCCC1. The Kier molecular flexibility index (Phi) is 4.58. The number of carbonyl (C=O) groups excluding carboxylic acids is 1. The summed E-state index contributed by atoms with van der Waals surface area (Å²) in [6.45, 7) is 1.85. The van der Waals surface area contributed by atoms with E-state index in [0.717, 1.165) is 35.8 Å². The molecule has 0 spiro atoms. The molecule has 18 heavy (non-hydrogen) atoms. The van der Waals surface area contributed by atoms with E-state index in [1.54, 1.807) is 6.20 Å². The fraction of sp³-hybridized carbons (Fsp3) is 0.538. The Labute approximate surface area is 115 Å². The molecule has 1 amide bonds. The van der Waals surface area contributed by atoms with Crippen LogP contribution < -0.4 is 5.32 Å². The van der Waals surface area contributed by atoms with Crippen molar-refractivity contribution < 1.29 is 9.53 Å². The summed E-state index contributed by atoms with van der Waals surface area (Å²) < 4.78 is 6.23. The molecule has 2 rings (SSSR count). The van der Waals surface area contributed by atoms with Crippen molar-refractivity contribution in [3.63, 3.8) is 0 Å². The van der Waals surface area contributed by atoms with Crippen LogP contribution in [0.1, 0.15) is 37.8 Å². The Morgan fingerprint density at radius 3 is 2.89 bits per heavy atom. The second-order valence-corrected chi connectivity index (χ2v) is 5.49. The Hall–Kier alpha value is -1.10. The standard InChI is InChI=1S/C13H17BrN2O2/c1-9-12(7-10(14)8-15-9)16-13(17)18-11-5-3-2-4-6-11/h7-8,11H,2-6H2,1H3,(H,16,17). The number of halogens is 1. The second-order valence-electron chi connectivity index (χ2n) is 4.58. The third-order valence-corrected chi connectivity index (χ3v) is 3.55. The van der Waals surface area contributed by atoms with E-state index in [2.05, 4.69) is 26.2 Å². The van der Waals surface area contributed by atoms with Gasteiger partial charge in [0.05, 0.1) is 11.4 Å². The number of aryl methyl sites for hydroxylation is 1. The predicted molar refractivity (Wildman–Crippen MR) is 73.7 cm³/mol. The number of hydrogen-bond acceptors (Lipinski definition) is 3. The molecule has 5 heteroatoms. The van der Waals surface area contributed by atoms with Crippen LogP contribution in [0.25, 0.3) is 0 Å². The lowest BCUT2D eigenvalue weighted by atomic mass is 9.98. The van der Waals surface area contributed by atoms with E-state index in [9.17, 15) is 4.79 Å². The van der Waals surface area contributed by atoms with Crippen molar-refractivity contribution in [1.82, 2.24) is 4.98 Å². The zero-order valence-corrected chi connectivity index (χ0v) is 12.0. The first-order valence-electron chi connectivity index (χ1n) is 6.25. The van der Waals surface area contributed by atoms with Gasteiger partial charge in [-0.2, -0.15) is 0 Å². The topological polar surface area (TPSA) is 51.2 Å². The Morgan fingerprint density at radius 1 is 1.44 bits per heavy atom. The van der Waals surface area contributed by atoms with Crippen molar-refractivity contribution >= 4 is 27.7 Å². The van der Waals surface area contributed by atoms with Gasteiger partial charge in [-0.15, -0.1) is 0 Å². The van der Waals surface area contributed by atoms with Gasteiger partial charge < -0.3 is 4.74 Å². The zero-order valence-electron chi connectivity index (χ0n) is 10.4. The highest BCUT2D eigenvalue weighted by Gasteiger charge is 2.18. The molecule has 1 fully saturated rings. The summed E-state index contributed by atoms with van der Waals surface area (Å²) in [5.41, 5.74) is 1.46. The van der Waals surface area contributed by atoms with Crippen molar-refractivity contribution in [2.75, 3.05) is 5.32 Å². The van der Waals surface area contributed by atoms with Crippen molar-refractivity contribution in [3.8, 4) is 0 Å². The Bertz CT molecular complexity index is 431. The summed E-state index contributed by atoms with van der Waals surface area (Å²) in [6.07, 6.45) is 6.88.